The molecule has 0 aromatic rings. The van der Waals surface area contributed by atoms with E-state index >= 15 is 0 Å². The van der Waals surface area contributed by atoms with Gasteiger partial charge in [-0.3, -0.25) is 0 Å². The normalized spacial score (nSPS) is 22.8. The van der Waals surface area contributed by atoms with Gasteiger partial charge in [0.2, 0.25) is 0 Å². The average Bonchev–Trinajstić information content (AvgIpc) is 2.52. The molecule has 0 saturated carbocycles. The van der Waals surface area contributed by atoms with Crippen LogP contribution in [0.3, 0.4) is 0 Å². The first-order chi connectivity index (χ1) is 5.77. The van der Waals surface area contributed by atoms with Crippen LogP contribution in [-0.2, 0) is 9.49 Å². The molecule has 1 amide bonds. The van der Waals surface area contributed by atoms with Gasteiger partial charge in [-0.25, -0.2) is 10.3 Å². The molecule has 1 atom stereocenters. The highest BCUT2D eigenvalue weighted by Gasteiger charge is 2.26. The zero-order valence-corrected chi connectivity index (χ0v) is 6.95. The topological polar surface area (TPSA) is 50.8 Å². The van der Waals surface area contributed by atoms with E-state index in [0.717, 1.165) is 6.42 Å². The average molecular weight is 170 g/mol. The number of hydrogen-bond acceptors (Lipinski definition) is 4. The molecule has 1 saturated heterocycles. The molecule has 0 aromatic heterocycles. The number of amides is 1. The van der Waals surface area contributed by atoms with Gasteiger partial charge in [0.25, 0.3) is 0 Å². The lowest BCUT2D eigenvalue weighted by Crippen LogP contribution is -2.34. The quantitative estimate of drug-likeness (QED) is 0.445. The van der Waals surface area contributed by atoms with E-state index in [-0.39, 0.29) is 12.1 Å². The van der Waals surface area contributed by atoms with Crippen LogP contribution in [0.1, 0.15) is 6.42 Å². The van der Waals surface area contributed by atoms with Gasteiger partial charge in [0.05, 0.1) is 7.11 Å². The summed E-state index contributed by atoms with van der Waals surface area (Å²) in [6.45, 7) is 1.25. The van der Waals surface area contributed by atoms with Crippen LogP contribution in [0.2, 0.25) is 0 Å². The minimum absolute atomic E-state index is 0.106. The van der Waals surface area contributed by atoms with E-state index in [1.54, 1.807) is 4.90 Å². The van der Waals surface area contributed by atoms with Gasteiger partial charge in [0.15, 0.2) is 0 Å². The van der Waals surface area contributed by atoms with Crippen LogP contribution >= 0.6 is 0 Å². The number of carbonyl (C=O) groups is 1. The van der Waals surface area contributed by atoms with Crippen molar-refractivity contribution in [2.45, 2.75) is 12.5 Å². The molecule has 1 fully saturated rings. The molecule has 0 aromatic carbocycles. The lowest BCUT2D eigenvalue weighted by molar-refractivity contribution is 0.126. The van der Waals surface area contributed by atoms with Crippen LogP contribution < -0.4 is 5.48 Å². The molecule has 0 aliphatic carbocycles. The summed E-state index contributed by atoms with van der Waals surface area (Å²) >= 11 is 0. The van der Waals surface area contributed by atoms with Crippen LogP contribution in [0, 0.1) is 0 Å². The van der Waals surface area contributed by atoms with Gasteiger partial charge in [0, 0.05) is 19.1 Å². The molecule has 1 unspecified atom stereocenters. The van der Waals surface area contributed by atoms with Crippen molar-refractivity contribution in [1.82, 2.24) is 10.4 Å². The highest BCUT2D eigenvalue weighted by Crippen LogP contribution is 2.09. The third kappa shape index (κ3) is 2.12. The Labute approximate surface area is 72.4 Å². The zero-order valence-electron chi connectivity index (χ0n) is 6.95. The molecular formula is C6H11BN2O3. The standard InChI is InChI=1S/C6H11BN2O3/c1-11-6(10)9-3-2-5(4-9)8-12-7/h5,8H,2-4H2,1H3. The Morgan fingerprint density at radius 2 is 2.50 bits per heavy atom. The Morgan fingerprint density at radius 3 is 3.08 bits per heavy atom. The second-order valence-electron chi connectivity index (χ2n) is 2.64. The van der Waals surface area contributed by atoms with E-state index in [4.69, 9.17) is 8.05 Å². The van der Waals surface area contributed by atoms with Crippen molar-refractivity contribution in [2.24, 2.45) is 0 Å². The van der Waals surface area contributed by atoms with Crippen LogP contribution in [0.15, 0.2) is 0 Å². The van der Waals surface area contributed by atoms with E-state index in [0.29, 0.717) is 13.1 Å². The Morgan fingerprint density at radius 1 is 1.75 bits per heavy atom. The van der Waals surface area contributed by atoms with Crippen LogP contribution in [0.4, 0.5) is 4.79 Å². The van der Waals surface area contributed by atoms with Crippen molar-refractivity contribution < 1.29 is 14.3 Å². The van der Waals surface area contributed by atoms with Gasteiger partial charge in [-0.05, 0) is 6.42 Å². The third-order valence-electron chi connectivity index (χ3n) is 1.86. The van der Waals surface area contributed by atoms with Gasteiger partial charge in [-0.15, -0.1) is 0 Å². The van der Waals surface area contributed by atoms with E-state index < -0.39 is 0 Å². The molecule has 1 heterocycles. The third-order valence-corrected chi connectivity index (χ3v) is 1.86. The van der Waals surface area contributed by atoms with Crippen LogP contribution in [-0.4, -0.2) is 45.3 Å². The maximum absolute atomic E-state index is 11.0. The fourth-order valence-corrected chi connectivity index (χ4v) is 1.25. The Balaban J connectivity index is 2.30. The highest BCUT2D eigenvalue weighted by molar-refractivity contribution is 5.97. The maximum atomic E-state index is 11.0. The van der Waals surface area contributed by atoms with E-state index in [1.165, 1.54) is 7.11 Å². The van der Waals surface area contributed by atoms with Crippen LogP contribution in [0.5, 0.6) is 0 Å². The number of likely N-dealkylation sites (tertiary alicyclic amines) is 1. The molecule has 1 N–H and O–H groups in total. The summed E-state index contributed by atoms with van der Waals surface area (Å²) in [4.78, 5) is 12.6. The monoisotopic (exact) mass is 170 g/mol. The SMILES string of the molecule is [B]ONC1CCN(C(=O)OC)C1. The molecule has 6 heteroatoms. The zero-order chi connectivity index (χ0) is 8.97. The first-order valence-corrected chi connectivity index (χ1v) is 3.72. The minimum atomic E-state index is -0.309. The summed E-state index contributed by atoms with van der Waals surface area (Å²) in [7, 11) is 6.18. The number of nitrogens with zero attached hydrogens (tertiary/aromatic N) is 1. The molecule has 66 valence electrons. The lowest BCUT2D eigenvalue weighted by Gasteiger charge is -2.14. The molecular weight excluding hydrogens is 159 g/mol. The van der Waals surface area contributed by atoms with Crippen LogP contribution in [0.25, 0.3) is 0 Å². The van der Waals surface area contributed by atoms with Crippen molar-refractivity contribution in [1.29, 1.82) is 0 Å². The number of carbonyl (C=O) groups excluding carboxylic acids is 1. The van der Waals surface area contributed by atoms with E-state index in [9.17, 15) is 4.79 Å². The number of rotatable bonds is 2. The van der Waals surface area contributed by atoms with Gasteiger partial charge in [-0.2, -0.15) is 0 Å². The lowest BCUT2D eigenvalue weighted by atomic mass is 10.3. The number of nitrogens with one attached hydrogen (secondary N) is 1. The smallest absolute Gasteiger partial charge is 0.409 e. The summed E-state index contributed by atoms with van der Waals surface area (Å²) < 4.78 is 8.81. The summed E-state index contributed by atoms with van der Waals surface area (Å²) in [5.41, 5.74) is 2.58. The van der Waals surface area contributed by atoms with Gasteiger partial charge in [-0.1, -0.05) is 0 Å². The second-order valence-corrected chi connectivity index (χ2v) is 2.64. The van der Waals surface area contributed by atoms with Crippen molar-refractivity contribution >= 4 is 14.1 Å². The van der Waals surface area contributed by atoms with Crippen molar-refractivity contribution in [3.8, 4) is 0 Å². The number of hydroxylamine groups is 1. The molecule has 12 heavy (non-hydrogen) atoms. The molecule has 2 radical (unpaired) electrons. The van der Waals surface area contributed by atoms with E-state index in [2.05, 4.69) is 15.0 Å². The van der Waals surface area contributed by atoms with E-state index in [1.807, 2.05) is 0 Å². The molecule has 1 aliphatic heterocycles. The minimum Gasteiger partial charge on any atom is -0.453 e. The molecule has 5 nitrogen and oxygen atoms in total. The Hall–Kier alpha value is -0.745. The number of ether oxygens (including phenoxy) is 1. The highest BCUT2D eigenvalue weighted by atomic mass is 16.6. The maximum Gasteiger partial charge on any atom is 0.409 e. The molecule has 1 aliphatic rings. The largest absolute Gasteiger partial charge is 0.453 e. The molecule has 0 spiro atoms. The Kier molecular flexibility index (Phi) is 3.37. The summed E-state index contributed by atoms with van der Waals surface area (Å²) in [5.74, 6) is 0. The fraction of sp³-hybridized carbons (Fsp3) is 0.833. The summed E-state index contributed by atoms with van der Waals surface area (Å²) in [6.07, 6.45) is 0.517. The Bertz CT molecular complexity index is 167. The first-order valence-electron chi connectivity index (χ1n) is 3.72. The van der Waals surface area contributed by atoms with Gasteiger partial charge in [0.1, 0.15) is 0 Å². The number of methoxy groups -OCH3 is 1. The van der Waals surface area contributed by atoms with Crippen molar-refractivity contribution in [3.63, 3.8) is 0 Å². The van der Waals surface area contributed by atoms with Crippen molar-refractivity contribution in [2.75, 3.05) is 20.2 Å². The predicted molar refractivity (Wildman–Crippen MR) is 42.4 cm³/mol. The molecule has 0 bridgehead atoms. The summed E-state index contributed by atoms with van der Waals surface area (Å²) in [5, 5.41) is 0. The van der Waals surface area contributed by atoms with Crippen molar-refractivity contribution in [3.05, 3.63) is 0 Å². The first kappa shape index (κ1) is 9.34. The molecule has 1 rings (SSSR count). The number of hydrogen-bond donors (Lipinski definition) is 1. The van der Waals surface area contributed by atoms with Gasteiger partial charge < -0.3 is 14.4 Å². The second kappa shape index (κ2) is 4.32. The fourth-order valence-electron chi connectivity index (χ4n) is 1.25. The van der Waals surface area contributed by atoms with Gasteiger partial charge >= 0.3 is 14.1 Å². The predicted octanol–water partition coefficient (Wildman–Crippen LogP) is -0.568. The summed E-state index contributed by atoms with van der Waals surface area (Å²) in [6, 6.07) is 0.106.